The zero-order chi connectivity index (χ0) is 13.3. The number of likely N-dealkylation sites (N-methyl/N-ethyl adjacent to an activating group) is 1. The van der Waals surface area contributed by atoms with Crippen molar-refractivity contribution in [3.8, 4) is 0 Å². The highest BCUT2D eigenvalue weighted by Crippen LogP contribution is 2.26. The highest BCUT2D eigenvalue weighted by atomic mass is 79.9. The lowest BCUT2D eigenvalue weighted by Crippen LogP contribution is -2.55. The van der Waals surface area contributed by atoms with Crippen LogP contribution in [0.15, 0.2) is 22.7 Å². The summed E-state index contributed by atoms with van der Waals surface area (Å²) in [5.74, 6) is 0. The topological polar surface area (TPSA) is 32.5 Å². The van der Waals surface area contributed by atoms with Crippen molar-refractivity contribution in [3.63, 3.8) is 0 Å². The molecule has 0 spiro atoms. The molecule has 4 heteroatoms. The fourth-order valence-electron chi connectivity index (χ4n) is 2.51. The molecule has 2 rings (SSSR count). The molecule has 1 saturated heterocycles. The molecule has 2 N–H and O–H groups in total. The lowest BCUT2D eigenvalue weighted by atomic mass is 10.1. The van der Waals surface area contributed by atoms with Gasteiger partial charge in [-0.1, -0.05) is 22.0 Å². The molecular formula is C14H22BrN3. The maximum absolute atomic E-state index is 5.69. The van der Waals surface area contributed by atoms with Gasteiger partial charge in [-0.2, -0.15) is 0 Å². The molecule has 0 bridgehead atoms. The summed E-state index contributed by atoms with van der Waals surface area (Å²) in [6.07, 6.45) is 0. The fourth-order valence-corrected chi connectivity index (χ4v) is 3.04. The van der Waals surface area contributed by atoms with E-state index < -0.39 is 0 Å². The van der Waals surface area contributed by atoms with E-state index >= 15 is 0 Å². The zero-order valence-corrected chi connectivity index (χ0v) is 12.9. The second-order valence-electron chi connectivity index (χ2n) is 5.25. The number of anilines is 1. The van der Waals surface area contributed by atoms with Crippen molar-refractivity contribution >= 4 is 21.6 Å². The SMILES string of the molecule is CC1CN(c2ccc(CN)c(Br)c2)CC(C)N1C. The van der Waals surface area contributed by atoms with Gasteiger partial charge in [-0.3, -0.25) is 4.90 Å². The lowest BCUT2D eigenvalue weighted by molar-refractivity contribution is 0.170. The largest absolute Gasteiger partial charge is 0.368 e. The number of nitrogens with zero attached hydrogens (tertiary/aromatic N) is 2. The molecule has 100 valence electrons. The number of benzene rings is 1. The Hall–Kier alpha value is -0.580. The zero-order valence-electron chi connectivity index (χ0n) is 11.4. The number of halogens is 1. The van der Waals surface area contributed by atoms with Gasteiger partial charge in [0.05, 0.1) is 0 Å². The molecule has 1 heterocycles. The number of rotatable bonds is 2. The number of piperazine rings is 1. The summed E-state index contributed by atoms with van der Waals surface area (Å²) in [5.41, 5.74) is 8.14. The van der Waals surface area contributed by atoms with Crippen molar-refractivity contribution in [1.82, 2.24) is 4.90 Å². The third kappa shape index (κ3) is 2.71. The predicted molar refractivity (Wildman–Crippen MR) is 80.9 cm³/mol. The normalized spacial score (nSPS) is 25.5. The lowest BCUT2D eigenvalue weighted by Gasteiger charge is -2.43. The molecule has 2 unspecified atom stereocenters. The maximum atomic E-state index is 5.69. The number of hydrogen-bond donors (Lipinski definition) is 1. The van der Waals surface area contributed by atoms with E-state index in [1.807, 2.05) is 0 Å². The quantitative estimate of drug-likeness (QED) is 0.910. The van der Waals surface area contributed by atoms with Crippen molar-refractivity contribution < 1.29 is 0 Å². The van der Waals surface area contributed by atoms with Crippen molar-refractivity contribution in [1.29, 1.82) is 0 Å². The third-order valence-corrected chi connectivity index (χ3v) is 4.72. The highest BCUT2D eigenvalue weighted by molar-refractivity contribution is 9.10. The van der Waals surface area contributed by atoms with E-state index in [0.717, 1.165) is 23.1 Å². The van der Waals surface area contributed by atoms with Gasteiger partial charge in [0.15, 0.2) is 0 Å². The van der Waals surface area contributed by atoms with Gasteiger partial charge in [0.1, 0.15) is 0 Å². The Kier molecular flexibility index (Phi) is 4.30. The Balaban J connectivity index is 2.19. The van der Waals surface area contributed by atoms with Gasteiger partial charge in [0.25, 0.3) is 0 Å². The van der Waals surface area contributed by atoms with Gasteiger partial charge in [-0.25, -0.2) is 0 Å². The van der Waals surface area contributed by atoms with Gasteiger partial charge in [0, 0.05) is 41.9 Å². The third-order valence-electron chi connectivity index (χ3n) is 3.98. The van der Waals surface area contributed by atoms with Crippen LogP contribution in [0.3, 0.4) is 0 Å². The van der Waals surface area contributed by atoms with Crippen LogP contribution in [0.1, 0.15) is 19.4 Å². The van der Waals surface area contributed by atoms with Crippen molar-refractivity contribution in [3.05, 3.63) is 28.2 Å². The van der Waals surface area contributed by atoms with E-state index in [0.29, 0.717) is 18.6 Å². The molecule has 0 saturated carbocycles. The average Bonchev–Trinajstić information content (AvgIpc) is 2.35. The fraction of sp³-hybridized carbons (Fsp3) is 0.571. The second-order valence-corrected chi connectivity index (χ2v) is 6.10. The van der Waals surface area contributed by atoms with E-state index in [1.54, 1.807) is 0 Å². The molecule has 18 heavy (non-hydrogen) atoms. The van der Waals surface area contributed by atoms with Crippen LogP contribution in [-0.2, 0) is 6.54 Å². The standard InChI is InChI=1S/C14H22BrN3/c1-10-8-18(9-11(2)17(10)3)13-5-4-12(7-16)14(15)6-13/h4-6,10-11H,7-9,16H2,1-3H3. The van der Waals surface area contributed by atoms with Crippen LogP contribution in [0.4, 0.5) is 5.69 Å². The first-order valence-corrected chi connectivity index (χ1v) is 7.27. The Morgan fingerprint density at radius 2 is 1.89 bits per heavy atom. The molecule has 0 aromatic heterocycles. The Morgan fingerprint density at radius 1 is 1.28 bits per heavy atom. The van der Waals surface area contributed by atoms with E-state index in [2.05, 4.69) is 64.8 Å². The minimum Gasteiger partial charge on any atom is -0.368 e. The van der Waals surface area contributed by atoms with Crippen LogP contribution in [-0.4, -0.2) is 37.1 Å². The predicted octanol–water partition coefficient (Wildman–Crippen LogP) is 2.44. The monoisotopic (exact) mass is 311 g/mol. The summed E-state index contributed by atoms with van der Waals surface area (Å²) >= 11 is 3.60. The summed E-state index contributed by atoms with van der Waals surface area (Å²) in [4.78, 5) is 4.90. The molecule has 1 aromatic carbocycles. The molecule has 0 amide bonds. The summed E-state index contributed by atoms with van der Waals surface area (Å²) in [5, 5.41) is 0. The van der Waals surface area contributed by atoms with Gasteiger partial charge in [0.2, 0.25) is 0 Å². The van der Waals surface area contributed by atoms with Gasteiger partial charge < -0.3 is 10.6 Å². The smallest absolute Gasteiger partial charge is 0.0378 e. The Bertz CT molecular complexity index is 410. The average molecular weight is 312 g/mol. The first-order valence-electron chi connectivity index (χ1n) is 6.48. The molecular weight excluding hydrogens is 290 g/mol. The van der Waals surface area contributed by atoms with E-state index in [-0.39, 0.29) is 0 Å². The van der Waals surface area contributed by atoms with Crippen molar-refractivity contribution in [2.45, 2.75) is 32.5 Å². The van der Waals surface area contributed by atoms with E-state index in [9.17, 15) is 0 Å². The van der Waals surface area contributed by atoms with Crippen molar-refractivity contribution in [2.24, 2.45) is 5.73 Å². The minimum absolute atomic E-state index is 0.580. The number of nitrogens with two attached hydrogens (primary N) is 1. The van der Waals surface area contributed by atoms with E-state index in [4.69, 9.17) is 5.73 Å². The summed E-state index contributed by atoms with van der Waals surface area (Å²) in [6.45, 7) is 7.30. The van der Waals surface area contributed by atoms with Crippen LogP contribution >= 0.6 is 15.9 Å². The Labute approximate surface area is 118 Å². The molecule has 0 radical (unpaired) electrons. The van der Waals surface area contributed by atoms with Gasteiger partial charge in [-0.15, -0.1) is 0 Å². The van der Waals surface area contributed by atoms with Crippen molar-refractivity contribution in [2.75, 3.05) is 25.0 Å². The maximum Gasteiger partial charge on any atom is 0.0378 e. The summed E-state index contributed by atoms with van der Waals surface area (Å²) in [6, 6.07) is 7.65. The first-order chi connectivity index (χ1) is 8.52. The summed E-state index contributed by atoms with van der Waals surface area (Å²) < 4.78 is 1.11. The van der Waals surface area contributed by atoms with Gasteiger partial charge in [-0.05, 0) is 38.6 Å². The molecule has 1 aliphatic rings. The van der Waals surface area contributed by atoms with Crippen LogP contribution in [0, 0.1) is 0 Å². The molecule has 1 aromatic rings. The van der Waals surface area contributed by atoms with Crippen LogP contribution in [0.2, 0.25) is 0 Å². The number of hydrogen-bond acceptors (Lipinski definition) is 3. The van der Waals surface area contributed by atoms with E-state index in [1.165, 1.54) is 5.69 Å². The Morgan fingerprint density at radius 3 is 2.39 bits per heavy atom. The highest BCUT2D eigenvalue weighted by Gasteiger charge is 2.26. The van der Waals surface area contributed by atoms with Gasteiger partial charge >= 0.3 is 0 Å². The van der Waals surface area contributed by atoms with Crippen LogP contribution in [0.5, 0.6) is 0 Å². The molecule has 0 aliphatic carbocycles. The first kappa shape index (κ1) is 13.8. The molecule has 1 fully saturated rings. The summed E-state index contributed by atoms with van der Waals surface area (Å²) in [7, 11) is 2.21. The second kappa shape index (κ2) is 5.59. The minimum atomic E-state index is 0.580. The molecule has 3 nitrogen and oxygen atoms in total. The molecule has 1 aliphatic heterocycles. The van der Waals surface area contributed by atoms with Crippen LogP contribution in [0.25, 0.3) is 0 Å². The van der Waals surface area contributed by atoms with Crippen LogP contribution < -0.4 is 10.6 Å². The molecule has 2 atom stereocenters.